The SMILES string of the molecule is CC(CC=CC(C)(C)O)CCO. The van der Waals surface area contributed by atoms with Gasteiger partial charge in [-0.05, 0) is 32.6 Å². The maximum Gasteiger partial charge on any atom is 0.0771 e. The Bertz CT molecular complexity index is 133. The minimum atomic E-state index is -0.709. The smallest absolute Gasteiger partial charge is 0.0771 e. The van der Waals surface area contributed by atoms with Gasteiger partial charge in [0.15, 0.2) is 0 Å². The average Bonchev–Trinajstić information content (AvgIpc) is 1.84. The Hall–Kier alpha value is -0.340. The first kappa shape index (κ1) is 11.7. The van der Waals surface area contributed by atoms with Gasteiger partial charge in [0.05, 0.1) is 5.60 Å². The van der Waals surface area contributed by atoms with Crippen LogP contribution in [0.3, 0.4) is 0 Å². The second-order valence-corrected chi connectivity index (χ2v) is 3.91. The Morgan fingerprint density at radius 1 is 1.42 bits per heavy atom. The van der Waals surface area contributed by atoms with E-state index in [2.05, 4.69) is 6.92 Å². The van der Waals surface area contributed by atoms with Crippen LogP contribution in [-0.2, 0) is 0 Å². The molecule has 0 aromatic carbocycles. The van der Waals surface area contributed by atoms with Crippen molar-refractivity contribution in [1.82, 2.24) is 0 Å². The standard InChI is InChI=1S/C10H20O2/c1-9(6-8-11)5-4-7-10(2,3)12/h4,7,9,11-12H,5-6,8H2,1-3H3. The molecule has 72 valence electrons. The summed E-state index contributed by atoms with van der Waals surface area (Å²) < 4.78 is 0. The van der Waals surface area contributed by atoms with E-state index < -0.39 is 5.60 Å². The summed E-state index contributed by atoms with van der Waals surface area (Å²) in [6.07, 6.45) is 5.52. The molecule has 0 radical (unpaired) electrons. The Kier molecular flexibility index (Phi) is 5.18. The molecule has 0 saturated carbocycles. The van der Waals surface area contributed by atoms with Gasteiger partial charge in [-0.1, -0.05) is 19.1 Å². The van der Waals surface area contributed by atoms with Crippen LogP contribution < -0.4 is 0 Å². The molecule has 0 bridgehead atoms. The molecule has 2 N–H and O–H groups in total. The molecule has 2 nitrogen and oxygen atoms in total. The van der Waals surface area contributed by atoms with Crippen LogP contribution in [0.4, 0.5) is 0 Å². The van der Waals surface area contributed by atoms with Crippen LogP contribution in [0.2, 0.25) is 0 Å². The molecule has 0 amide bonds. The van der Waals surface area contributed by atoms with Gasteiger partial charge in [0.2, 0.25) is 0 Å². The fourth-order valence-electron chi connectivity index (χ4n) is 0.927. The van der Waals surface area contributed by atoms with Crippen molar-refractivity contribution in [2.75, 3.05) is 6.61 Å². The number of aliphatic hydroxyl groups is 2. The van der Waals surface area contributed by atoms with E-state index in [1.807, 2.05) is 6.08 Å². The fourth-order valence-corrected chi connectivity index (χ4v) is 0.927. The first-order valence-electron chi connectivity index (χ1n) is 4.46. The molecular weight excluding hydrogens is 152 g/mol. The summed E-state index contributed by atoms with van der Waals surface area (Å²) in [6, 6.07) is 0. The molecule has 0 fully saturated rings. The molecule has 0 aliphatic heterocycles. The molecule has 0 heterocycles. The van der Waals surface area contributed by atoms with Gasteiger partial charge in [0.1, 0.15) is 0 Å². The summed E-state index contributed by atoms with van der Waals surface area (Å²) in [5.41, 5.74) is -0.709. The Labute approximate surface area is 74.9 Å². The van der Waals surface area contributed by atoms with E-state index in [1.54, 1.807) is 19.9 Å². The zero-order chi connectivity index (χ0) is 9.61. The molecule has 1 unspecified atom stereocenters. The minimum Gasteiger partial charge on any atom is -0.396 e. The predicted molar refractivity (Wildman–Crippen MR) is 50.9 cm³/mol. The molecule has 0 aliphatic rings. The zero-order valence-corrected chi connectivity index (χ0v) is 8.25. The van der Waals surface area contributed by atoms with Crippen molar-refractivity contribution in [3.8, 4) is 0 Å². The highest BCUT2D eigenvalue weighted by Gasteiger charge is 2.05. The normalized spacial score (nSPS) is 15.4. The fraction of sp³-hybridized carbons (Fsp3) is 0.800. The van der Waals surface area contributed by atoms with E-state index in [0.29, 0.717) is 5.92 Å². The van der Waals surface area contributed by atoms with Gasteiger partial charge < -0.3 is 10.2 Å². The van der Waals surface area contributed by atoms with Crippen molar-refractivity contribution >= 4 is 0 Å². The summed E-state index contributed by atoms with van der Waals surface area (Å²) >= 11 is 0. The van der Waals surface area contributed by atoms with Gasteiger partial charge >= 0.3 is 0 Å². The van der Waals surface area contributed by atoms with E-state index in [4.69, 9.17) is 5.11 Å². The number of rotatable bonds is 5. The summed E-state index contributed by atoms with van der Waals surface area (Å²) in [6.45, 7) is 5.84. The first-order chi connectivity index (χ1) is 5.45. The Morgan fingerprint density at radius 3 is 2.42 bits per heavy atom. The van der Waals surface area contributed by atoms with Crippen molar-refractivity contribution < 1.29 is 10.2 Å². The van der Waals surface area contributed by atoms with Crippen molar-refractivity contribution in [2.45, 2.75) is 39.2 Å². The third-order valence-corrected chi connectivity index (χ3v) is 1.69. The maximum atomic E-state index is 9.32. The maximum absolute atomic E-state index is 9.32. The quantitative estimate of drug-likeness (QED) is 0.620. The van der Waals surface area contributed by atoms with E-state index in [-0.39, 0.29) is 6.61 Å². The van der Waals surface area contributed by atoms with E-state index in [9.17, 15) is 5.11 Å². The van der Waals surface area contributed by atoms with Gasteiger partial charge in [0.25, 0.3) is 0 Å². The highest BCUT2D eigenvalue weighted by atomic mass is 16.3. The molecule has 12 heavy (non-hydrogen) atoms. The summed E-state index contributed by atoms with van der Waals surface area (Å²) in [7, 11) is 0. The lowest BCUT2D eigenvalue weighted by Gasteiger charge is -2.11. The molecule has 0 saturated heterocycles. The van der Waals surface area contributed by atoms with Crippen LogP contribution in [0.5, 0.6) is 0 Å². The van der Waals surface area contributed by atoms with Gasteiger partial charge in [-0.2, -0.15) is 0 Å². The molecular formula is C10H20O2. The number of hydrogen-bond donors (Lipinski definition) is 2. The van der Waals surface area contributed by atoms with Crippen LogP contribution in [0.25, 0.3) is 0 Å². The van der Waals surface area contributed by atoms with Crippen LogP contribution in [-0.4, -0.2) is 22.4 Å². The first-order valence-corrected chi connectivity index (χ1v) is 4.46. The average molecular weight is 172 g/mol. The second-order valence-electron chi connectivity index (χ2n) is 3.91. The summed E-state index contributed by atoms with van der Waals surface area (Å²) in [5, 5.41) is 17.9. The van der Waals surface area contributed by atoms with E-state index in [0.717, 1.165) is 12.8 Å². The van der Waals surface area contributed by atoms with Gasteiger partial charge in [-0.15, -0.1) is 0 Å². The lowest BCUT2D eigenvalue weighted by atomic mass is 10.0. The van der Waals surface area contributed by atoms with Crippen LogP contribution >= 0.6 is 0 Å². The molecule has 1 atom stereocenters. The van der Waals surface area contributed by atoms with E-state index in [1.165, 1.54) is 0 Å². The van der Waals surface area contributed by atoms with Gasteiger partial charge in [0, 0.05) is 6.61 Å². The lowest BCUT2D eigenvalue weighted by Crippen LogP contribution is -2.13. The van der Waals surface area contributed by atoms with Crippen molar-refractivity contribution in [2.24, 2.45) is 5.92 Å². The Balaban J connectivity index is 3.60. The zero-order valence-electron chi connectivity index (χ0n) is 8.25. The third-order valence-electron chi connectivity index (χ3n) is 1.69. The van der Waals surface area contributed by atoms with Crippen molar-refractivity contribution in [3.63, 3.8) is 0 Å². The summed E-state index contributed by atoms with van der Waals surface area (Å²) in [4.78, 5) is 0. The number of aliphatic hydroxyl groups excluding tert-OH is 1. The third kappa shape index (κ3) is 7.76. The van der Waals surface area contributed by atoms with Crippen LogP contribution in [0.1, 0.15) is 33.6 Å². The van der Waals surface area contributed by atoms with E-state index >= 15 is 0 Å². The molecule has 0 aliphatic carbocycles. The topological polar surface area (TPSA) is 40.5 Å². The molecule has 0 spiro atoms. The monoisotopic (exact) mass is 172 g/mol. The summed E-state index contributed by atoms with van der Waals surface area (Å²) in [5.74, 6) is 0.494. The molecule has 0 aromatic heterocycles. The Morgan fingerprint density at radius 2 is 2.00 bits per heavy atom. The van der Waals surface area contributed by atoms with Crippen molar-refractivity contribution in [1.29, 1.82) is 0 Å². The van der Waals surface area contributed by atoms with Crippen LogP contribution in [0, 0.1) is 5.92 Å². The van der Waals surface area contributed by atoms with Gasteiger partial charge in [-0.3, -0.25) is 0 Å². The lowest BCUT2D eigenvalue weighted by molar-refractivity contribution is 0.132. The largest absolute Gasteiger partial charge is 0.396 e. The molecule has 2 heteroatoms. The predicted octanol–water partition coefficient (Wildman–Crippen LogP) is 1.72. The highest BCUT2D eigenvalue weighted by molar-refractivity contribution is 4.95. The molecule has 0 aromatic rings. The minimum absolute atomic E-state index is 0.248. The van der Waals surface area contributed by atoms with Gasteiger partial charge in [-0.25, -0.2) is 0 Å². The second kappa shape index (κ2) is 5.33. The van der Waals surface area contributed by atoms with Crippen LogP contribution in [0.15, 0.2) is 12.2 Å². The molecule has 0 rings (SSSR count). The number of hydrogen-bond acceptors (Lipinski definition) is 2. The number of allylic oxidation sites excluding steroid dienone is 1. The van der Waals surface area contributed by atoms with Crippen molar-refractivity contribution in [3.05, 3.63) is 12.2 Å². The highest BCUT2D eigenvalue weighted by Crippen LogP contribution is 2.10.